The Morgan fingerprint density at radius 3 is 2.63 bits per heavy atom. The summed E-state index contributed by atoms with van der Waals surface area (Å²) < 4.78 is 0. The maximum absolute atomic E-state index is 12.0. The molecule has 1 aliphatic carbocycles. The Morgan fingerprint density at radius 1 is 1.32 bits per heavy atom. The molecule has 2 rings (SSSR count). The molecule has 0 radical (unpaired) electrons. The molecule has 0 aromatic carbocycles. The lowest BCUT2D eigenvalue weighted by Crippen LogP contribution is -2.42. The Kier molecular flexibility index (Phi) is 4.74. The minimum atomic E-state index is -0.247. The highest BCUT2D eigenvalue weighted by Gasteiger charge is 2.22. The Morgan fingerprint density at radius 2 is 2.00 bits per heavy atom. The van der Waals surface area contributed by atoms with Gasteiger partial charge in [0.2, 0.25) is 5.56 Å². The third-order valence-corrected chi connectivity index (χ3v) is 3.59. The summed E-state index contributed by atoms with van der Waals surface area (Å²) >= 11 is 0. The summed E-state index contributed by atoms with van der Waals surface area (Å²) in [4.78, 5) is 25.7. The molecule has 1 amide bonds. The van der Waals surface area contributed by atoms with Crippen molar-refractivity contribution in [1.29, 1.82) is 0 Å². The van der Waals surface area contributed by atoms with E-state index >= 15 is 0 Å². The number of nitrogens with one attached hydrogen (secondary N) is 3. The average Bonchev–Trinajstić information content (AvgIpc) is 2.41. The van der Waals surface area contributed by atoms with E-state index in [2.05, 4.69) is 22.5 Å². The topological polar surface area (TPSA) is 74.0 Å². The van der Waals surface area contributed by atoms with Gasteiger partial charge in [0.1, 0.15) is 0 Å². The van der Waals surface area contributed by atoms with Gasteiger partial charge in [0.15, 0.2) is 0 Å². The standard InChI is InChI=1S/C14H21N3O2/c1-2-15-11-3-5-12(6-4-11)17-14(19)10-7-8-16-13(18)9-10/h7-9,11-12,15H,2-6H2,1H3,(H,16,18)(H,17,19). The van der Waals surface area contributed by atoms with Crippen LogP contribution in [0.15, 0.2) is 23.1 Å². The molecule has 0 unspecified atom stereocenters. The van der Waals surface area contributed by atoms with Gasteiger partial charge in [0.05, 0.1) is 0 Å². The van der Waals surface area contributed by atoms with Crippen molar-refractivity contribution >= 4 is 5.91 Å². The number of aromatic amines is 1. The second kappa shape index (κ2) is 6.52. The summed E-state index contributed by atoms with van der Waals surface area (Å²) in [5.41, 5.74) is 0.182. The van der Waals surface area contributed by atoms with Crippen LogP contribution in [0.4, 0.5) is 0 Å². The Bertz CT molecular complexity index is 476. The van der Waals surface area contributed by atoms with E-state index in [1.54, 1.807) is 6.07 Å². The molecule has 5 heteroatoms. The number of carbonyl (C=O) groups is 1. The number of rotatable bonds is 4. The van der Waals surface area contributed by atoms with Crippen LogP contribution in [0, 0.1) is 0 Å². The number of aromatic nitrogens is 1. The lowest BCUT2D eigenvalue weighted by molar-refractivity contribution is 0.0924. The first-order chi connectivity index (χ1) is 9.19. The minimum absolute atomic E-state index is 0.155. The van der Waals surface area contributed by atoms with Crippen LogP contribution in [0.2, 0.25) is 0 Å². The smallest absolute Gasteiger partial charge is 0.251 e. The molecule has 1 saturated carbocycles. The van der Waals surface area contributed by atoms with E-state index < -0.39 is 0 Å². The predicted octanol–water partition coefficient (Wildman–Crippen LogP) is 1.03. The molecule has 1 aromatic heterocycles. The van der Waals surface area contributed by atoms with Crippen LogP contribution in [0.5, 0.6) is 0 Å². The van der Waals surface area contributed by atoms with E-state index in [1.807, 2.05) is 0 Å². The SMILES string of the molecule is CCNC1CCC(NC(=O)c2cc[nH]c(=O)c2)CC1. The molecule has 5 nitrogen and oxygen atoms in total. The van der Waals surface area contributed by atoms with E-state index in [-0.39, 0.29) is 17.5 Å². The Labute approximate surface area is 112 Å². The van der Waals surface area contributed by atoms with Crippen LogP contribution in [-0.2, 0) is 0 Å². The highest BCUT2D eigenvalue weighted by molar-refractivity contribution is 5.94. The fourth-order valence-electron chi connectivity index (χ4n) is 2.59. The number of hydrogen-bond donors (Lipinski definition) is 3. The zero-order valence-electron chi connectivity index (χ0n) is 11.2. The van der Waals surface area contributed by atoms with Crippen molar-refractivity contribution in [2.24, 2.45) is 0 Å². The molecule has 0 spiro atoms. The molecule has 0 saturated heterocycles. The fraction of sp³-hybridized carbons (Fsp3) is 0.571. The maximum Gasteiger partial charge on any atom is 0.251 e. The minimum Gasteiger partial charge on any atom is -0.349 e. The Balaban J connectivity index is 1.85. The average molecular weight is 263 g/mol. The largest absolute Gasteiger partial charge is 0.349 e. The van der Waals surface area contributed by atoms with Gasteiger partial charge in [-0.3, -0.25) is 9.59 Å². The number of hydrogen-bond acceptors (Lipinski definition) is 3. The lowest BCUT2D eigenvalue weighted by atomic mass is 9.91. The molecular formula is C14H21N3O2. The summed E-state index contributed by atoms with van der Waals surface area (Å²) in [5, 5.41) is 6.44. The molecule has 1 aromatic rings. The summed E-state index contributed by atoms with van der Waals surface area (Å²) in [6.45, 7) is 3.11. The zero-order valence-corrected chi connectivity index (χ0v) is 11.2. The highest BCUT2D eigenvalue weighted by Crippen LogP contribution is 2.18. The number of amides is 1. The van der Waals surface area contributed by atoms with Gasteiger partial charge in [-0.15, -0.1) is 0 Å². The lowest BCUT2D eigenvalue weighted by Gasteiger charge is -2.29. The van der Waals surface area contributed by atoms with Crippen molar-refractivity contribution in [2.45, 2.75) is 44.7 Å². The van der Waals surface area contributed by atoms with E-state index in [0.29, 0.717) is 11.6 Å². The molecular weight excluding hydrogens is 242 g/mol. The van der Waals surface area contributed by atoms with Gasteiger partial charge in [-0.2, -0.15) is 0 Å². The molecule has 0 aliphatic heterocycles. The molecule has 1 heterocycles. The summed E-state index contributed by atoms with van der Waals surface area (Å²) in [6, 6.07) is 3.76. The number of pyridine rings is 1. The van der Waals surface area contributed by atoms with Crippen LogP contribution in [0.25, 0.3) is 0 Å². The van der Waals surface area contributed by atoms with Crippen LogP contribution in [-0.4, -0.2) is 29.5 Å². The van der Waals surface area contributed by atoms with Gasteiger partial charge in [-0.1, -0.05) is 6.92 Å². The molecule has 104 valence electrons. The van der Waals surface area contributed by atoms with Gasteiger partial charge < -0.3 is 15.6 Å². The van der Waals surface area contributed by atoms with Crippen molar-refractivity contribution in [3.63, 3.8) is 0 Å². The second-order valence-electron chi connectivity index (χ2n) is 5.02. The van der Waals surface area contributed by atoms with E-state index in [9.17, 15) is 9.59 Å². The third kappa shape index (κ3) is 3.92. The third-order valence-electron chi connectivity index (χ3n) is 3.59. The quantitative estimate of drug-likeness (QED) is 0.759. The van der Waals surface area contributed by atoms with Crippen molar-refractivity contribution in [3.05, 3.63) is 34.2 Å². The van der Waals surface area contributed by atoms with E-state index in [0.717, 1.165) is 32.2 Å². The normalized spacial score (nSPS) is 23.0. The van der Waals surface area contributed by atoms with Gasteiger partial charge >= 0.3 is 0 Å². The first-order valence-electron chi connectivity index (χ1n) is 6.92. The van der Waals surface area contributed by atoms with Crippen LogP contribution < -0.4 is 16.2 Å². The monoisotopic (exact) mass is 263 g/mol. The first kappa shape index (κ1) is 13.8. The molecule has 19 heavy (non-hydrogen) atoms. The van der Waals surface area contributed by atoms with Crippen molar-refractivity contribution in [1.82, 2.24) is 15.6 Å². The van der Waals surface area contributed by atoms with Crippen molar-refractivity contribution < 1.29 is 4.79 Å². The van der Waals surface area contributed by atoms with Gasteiger partial charge in [0, 0.05) is 29.9 Å². The molecule has 1 fully saturated rings. The first-order valence-corrected chi connectivity index (χ1v) is 6.92. The second-order valence-corrected chi connectivity index (χ2v) is 5.02. The summed E-state index contributed by atoms with van der Waals surface area (Å²) in [5.74, 6) is -0.155. The zero-order chi connectivity index (χ0) is 13.7. The van der Waals surface area contributed by atoms with Crippen LogP contribution >= 0.6 is 0 Å². The summed E-state index contributed by atoms with van der Waals surface area (Å²) in [7, 11) is 0. The summed E-state index contributed by atoms with van der Waals surface area (Å²) in [6.07, 6.45) is 5.67. The predicted molar refractivity (Wildman–Crippen MR) is 74.2 cm³/mol. The number of H-pyrrole nitrogens is 1. The highest BCUT2D eigenvalue weighted by atomic mass is 16.2. The van der Waals surface area contributed by atoms with E-state index in [4.69, 9.17) is 0 Å². The number of carbonyl (C=O) groups excluding carboxylic acids is 1. The van der Waals surface area contributed by atoms with E-state index in [1.165, 1.54) is 12.3 Å². The van der Waals surface area contributed by atoms with Crippen molar-refractivity contribution in [3.8, 4) is 0 Å². The molecule has 0 atom stereocenters. The molecule has 0 bridgehead atoms. The van der Waals surface area contributed by atoms with Gasteiger partial charge in [-0.25, -0.2) is 0 Å². The Hall–Kier alpha value is -1.62. The fourth-order valence-corrected chi connectivity index (χ4v) is 2.59. The van der Waals surface area contributed by atoms with Crippen LogP contribution in [0.1, 0.15) is 43.0 Å². The molecule has 3 N–H and O–H groups in total. The van der Waals surface area contributed by atoms with Crippen LogP contribution in [0.3, 0.4) is 0 Å². The van der Waals surface area contributed by atoms with Gasteiger partial charge in [-0.05, 0) is 38.3 Å². The van der Waals surface area contributed by atoms with Crippen molar-refractivity contribution in [2.75, 3.05) is 6.54 Å². The molecule has 1 aliphatic rings. The van der Waals surface area contributed by atoms with Gasteiger partial charge in [0.25, 0.3) is 5.91 Å². The maximum atomic E-state index is 12.0.